The molecule has 0 aliphatic carbocycles. The second-order valence-corrected chi connectivity index (χ2v) is 5.46. The van der Waals surface area contributed by atoms with Crippen LogP contribution in [0.4, 0.5) is 0 Å². The Morgan fingerprint density at radius 3 is 1.79 bits per heavy atom. The van der Waals surface area contributed by atoms with E-state index in [9.17, 15) is 0 Å². The van der Waals surface area contributed by atoms with Crippen LogP contribution in [0.3, 0.4) is 0 Å². The van der Waals surface area contributed by atoms with Gasteiger partial charge in [-0.15, -0.1) is 0 Å². The Bertz CT molecular complexity index is 153. The van der Waals surface area contributed by atoms with E-state index < -0.39 is 0 Å². The van der Waals surface area contributed by atoms with Crippen LogP contribution in [0, 0.1) is 0 Å². The van der Waals surface area contributed by atoms with Crippen LogP contribution in [0.15, 0.2) is 0 Å². The first-order valence-corrected chi connectivity index (χ1v) is 5.07. The van der Waals surface area contributed by atoms with Crippen molar-refractivity contribution in [2.45, 2.75) is 58.8 Å². The molecule has 3 heteroatoms. The van der Waals surface area contributed by atoms with Crippen LogP contribution >= 0.6 is 0 Å². The maximum absolute atomic E-state index is 9.08. The molecule has 0 saturated heterocycles. The highest BCUT2D eigenvalue weighted by atomic mass is 16.6. The molecule has 0 heterocycles. The minimum atomic E-state index is -0.241. The molecule has 0 aliphatic heterocycles. The molecular formula is C11H24O3. The number of hydrogen-bond acceptors (Lipinski definition) is 3. The molecule has 1 atom stereocenters. The molecule has 0 aromatic carbocycles. The summed E-state index contributed by atoms with van der Waals surface area (Å²) in [5.41, 5.74) is -0.427. The van der Waals surface area contributed by atoms with Crippen LogP contribution in [-0.2, 0) is 9.47 Å². The van der Waals surface area contributed by atoms with Gasteiger partial charge in [-0.2, -0.15) is 0 Å². The molecule has 0 bridgehead atoms. The minimum absolute atomic E-state index is 0.00660. The van der Waals surface area contributed by atoms with E-state index in [0.717, 1.165) is 0 Å². The topological polar surface area (TPSA) is 38.7 Å². The zero-order chi connectivity index (χ0) is 11.4. The Balaban J connectivity index is 3.93. The Labute approximate surface area is 87.4 Å². The molecule has 3 nitrogen and oxygen atoms in total. The lowest BCUT2D eigenvalue weighted by molar-refractivity contribution is -0.132. The van der Waals surface area contributed by atoms with E-state index in [2.05, 4.69) is 0 Å². The van der Waals surface area contributed by atoms with E-state index in [1.54, 1.807) is 0 Å². The van der Waals surface area contributed by atoms with E-state index in [4.69, 9.17) is 14.6 Å². The lowest BCUT2D eigenvalue weighted by Crippen LogP contribution is -2.36. The third kappa shape index (κ3) is 8.48. The number of ether oxygens (including phenoxy) is 2. The zero-order valence-corrected chi connectivity index (χ0v) is 10.3. The summed E-state index contributed by atoms with van der Waals surface area (Å²) in [7, 11) is 0. The fourth-order valence-electron chi connectivity index (χ4n) is 0.967. The van der Waals surface area contributed by atoms with Gasteiger partial charge < -0.3 is 14.6 Å². The van der Waals surface area contributed by atoms with Gasteiger partial charge in [-0.05, 0) is 41.5 Å². The lowest BCUT2D eigenvalue weighted by atomic mass is 10.1. The Hall–Kier alpha value is -0.120. The van der Waals surface area contributed by atoms with Gasteiger partial charge in [0.05, 0.1) is 24.4 Å². The van der Waals surface area contributed by atoms with Gasteiger partial charge in [0.25, 0.3) is 0 Å². The third-order valence-corrected chi connectivity index (χ3v) is 1.43. The summed E-state index contributed by atoms with van der Waals surface area (Å²) >= 11 is 0. The Kier molecular flexibility index (Phi) is 5.06. The fourth-order valence-corrected chi connectivity index (χ4v) is 0.967. The summed E-state index contributed by atoms with van der Waals surface area (Å²) < 4.78 is 11.2. The quantitative estimate of drug-likeness (QED) is 0.761. The molecular weight excluding hydrogens is 180 g/mol. The maximum Gasteiger partial charge on any atom is 0.105 e. The molecule has 0 aromatic heterocycles. The molecule has 0 saturated carbocycles. The monoisotopic (exact) mass is 204 g/mol. The van der Waals surface area contributed by atoms with Crippen molar-refractivity contribution >= 4 is 0 Å². The molecule has 1 N–H and O–H groups in total. The fraction of sp³-hybridized carbons (Fsp3) is 1.00. The van der Waals surface area contributed by atoms with Gasteiger partial charge in [-0.25, -0.2) is 0 Å². The number of rotatable bonds is 4. The van der Waals surface area contributed by atoms with Crippen LogP contribution in [0.1, 0.15) is 41.5 Å². The zero-order valence-electron chi connectivity index (χ0n) is 10.3. The highest BCUT2D eigenvalue weighted by molar-refractivity contribution is 4.67. The molecule has 0 rings (SSSR count). The van der Waals surface area contributed by atoms with Crippen molar-refractivity contribution in [1.82, 2.24) is 0 Å². The molecule has 14 heavy (non-hydrogen) atoms. The van der Waals surface area contributed by atoms with Crippen molar-refractivity contribution in [2.24, 2.45) is 0 Å². The van der Waals surface area contributed by atoms with Crippen LogP contribution in [0.2, 0.25) is 0 Å². The molecule has 0 spiro atoms. The Morgan fingerprint density at radius 2 is 1.50 bits per heavy atom. The average molecular weight is 204 g/mol. The van der Waals surface area contributed by atoms with Gasteiger partial charge in [0.15, 0.2) is 0 Å². The standard InChI is InChI=1S/C11H24O3/c1-10(2,3)13-8-9(7-12)14-11(4,5)6/h9,12H,7-8H2,1-6H3. The van der Waals surface area contributed by atoms with Crippen LogP contribution < -0.4 is 0 Å². The van der Waals surface area contributed by atoms with Crippen molar-refractivity contribution in [1.29, 1.82) is 0 Å². The lowest BCUT2D eigenvalue weighted by Gasteiger charge is -2.29. The van der Waals surface area contributed by atoms with Gasteiger partial charge in [0.1, 0.15) is 6.10 Å². The number of aliphatic hydroxyl groups excluding tert-OH is 1. The van der Waals surface area contributed by atoms with Crippen LogP contribution in [0.25, 0.3) is 0 Å². The normalized spacial score (nSPS) is 15.6. The average Bonchev–Trinajstić information content (AvgIpc) is 1.94. The summed E-state index contributed by atoms with van der Waals surface area (Å²) in [5, 5.41) is 9.08. The highest BCUT2D eigenvalue weighted by Gasteiger charge is 2.20. The van der Waals surface area contributed by atoms with E-state index in [1.807, 2.05) is 41.5 Å². The Morgan fingerprint density at radius 1 is 1.00 bits per heavy atom. The second-order valence-electron chi connectivity index (χ2n) is 5.46. The van der Waals surface area contributed by atoms with E-state index in [-0.39, 0.29) is 23.9 Å². The summed E-state index contributed by atoms with van der Waals surface area (Å²) in [6.45, 7) is 12.3. The second kappa shape index (κ2) is 5.10. The first-order chi connectivity index (χ1) is 6.14. The van der Waals surface area contributed by atoms with Gasteiger partial charge in [-0.1, -0.05) is 0 Å². The highest BCUT2D eigenvalue weighted by Crippen LogP contribution is 2.13. The smallest absolute Gasteiger partial charge is 0.105 e. The summed E-state index contributed by atoms with van der Waals surface area (Å²) in [6, 6.07) is 0. The van der Waals surface area contributed by atoms with E-state index >= 15 is 0 Å². The molecule has 86 valence electrons. The largest absolute Gasteiger partial charge is 0.394 e. The van der Waals surface area contributed by atoms with E-state index in [0.29, 0.717) is 6.61 Å². The van der Waals surface area contributed by atoms with Gasteiger partial charge in [0, 0.05) is 0 Å². The minimum Gasteiger partial charge on any atom is -0.394 e. The van der Waals surface area contributed by atoms with Crippen molar-refractivity contribution < 1.29 is 14.6 Å². The van der Waals surface area contributed by atoms with Gasteiger partial charge >= 0.3 is 0 Å². The first-order valence-electron chi connectivity index (χ1n) is 5.07. The number of aliphatic hydroxyl groups is 1. The van der Waals surface area contributed by atoms with Crippen molar-refractivity contribution in [3.8, 4) is 0 Å². The van der Waals surface area contributed by atoms with Gasteiger partial charge in [0.2, 0.25) is 0 Å². The first kappa shape index (κ1) is 13.9. The summed E-state index contributed by atoms with van der Waals surface area (Å²) in [6.07, 6.45) is -0.241. The SMILES string of the molecule is CC(C)(C)OCC(CO)OC(C)(C)C. The maximum atomic E-state index is 9.08. The van der Waals surface area contributed by atoms with Gasteiger partial charge in [-0.3, -0.25) is 0 Å². The van der Waals surface area contributed by atoms with E-state index in [1.165, 1.54) is 0 Å². The molecule has 0 radical (unpaired) electrons. The number of hydrogen-bond donors (Lipinski definition) is 1. The van der Waals surface area contributed by atoms with Crippen molar-refractivity contribution in [2.75, 3.05) is 13.2 Å². The summed E-state index contributed by atoms with van der Waals surface area (Å²) in [4.78, 5) is 0. The molecule has 1 unspecified atom stereocenters. The molecule has 0 aliphatic rings. The summed E-state index contributed by atoms with van der Waals surface area (Å²) in [5.74, 6) is 0. The third-order valence-electron chi connectivity index (χ3n) is 1.43. The molecule has 0 fully saturated rings. The predicted octanol–water partition coefficient (Wildman–Crippen LogP) is 1.98. The van der Waals surface area contributed by atoms with Crippen molar-refractivity contribution in [3.63, 3.8) is 0 Å². The van der Waals surface area contributed by atoms with Crippen LogP contribution in [0.5, 0.6) is 0 Å². The molecule has 0 amide bonds. The molecule has 0 aromatic rings. The van der Waals surface area contributed by atoms with Crippen LogP contribution in [-0.4, -0.2) is 35.6 Å². The predicted molar refractivity (Wildman–Crippen MR) is 57.4 cm³/mol. The van der Waals surface area contributed by atoms with Crippen molar-refractivity contribution in [3.05, 3.63) is 0 Å².